The number of thiophene rings is 1. The summed E-state index contributed by atoms with van der Waals surface area (Å²) in [6.07, 6.45) is 0. The van der Waals surface area contributed by atoms with Crippen LogP contribution in [0.1, 0.15) is 18.8 Å². The number of aromatic amines is 1. The van der Waals surface area contributed by atoms with Gasteiger partial charge in [0, 0.05) is 0 Å². The molecule has 0 aliphatic rings. The van der Waals surface area contributed by atoms with Crippen LogP contribution in [-0.2, 0) is 10.0 Å². The van der Waals surface area contributed by atoms with Gasteiger partial charge in [0.1, 0.15) is 10.0 Å². The molecule has 7 heteroatoms. The van der Waals surface area contributed by atoms with Crippen molar-refractivity contribution >= 4 is 32.4 Å². The number of sulfonamides is 1. The van der Waals surface area contributed by atoms with Gasteiger partial charge in [-0.1, -0.05) is 18.2 Å². The third-order valence-electron chi connectivity index (χ3n) is 2.91. The summed E-state index contributed by atoms with van der Waals surface area (Å²) in [6, 6.07) is 10.5. The summed E-state index contributed by atoms with van der Waals surface area (Å²) in [6.45, 7) is 1.77. The van der Waals surface area contributed by atoms with Crippen LogP contribution in [0.3, 0.4) is 0 Å². The molecule has 2 aromatic heterocycles. The van der Waals surface area contributed by atoms with E-state index in [1.54, 1.807) is 24.4 Å². The summed E-state index contributed by atoms with van der Waals surface area (Å²) in [7, 11) is -3.49. The Morgan fingerprint density at radius 1 is 1.25 bits per heavy atom. The number of hydrogen-bond donors (Lipinski definition) is 2. The van der Waals surface area contributed by atoms with E-state index in [2.05, 4.69) is 14.7 Å². The number of aromatic nitrogens is 2. The molecule has 2 heterocycles. The second-order valence-corrected chi connectivity index (χ2v) is 7.30. The van der Waals surface area contributed by atoms with Gasteiger partial charge in [-0.25, -0.2) is 18.1 Å². The number of fused-ring (bicyclic) bond motifs is 1. The number of hydrogen-bond acceptors (Lipinski definition) is 4. The van der Waals surface area contributed by atoms with E-state index in [1.165, 1.54) is 11.3 Å². The summed E-state index contributed by atoms with van der Waals surface area (Å²) < 4.78 is 27.2. The van der Waals surface area contributed by atoms with Crippen molar-refractivity contribution in [3.63, 3.8) is 0 Å². The van der Waals surface area contributed by atoms with E-state index in [4.69, 9.17) is 0 Å². The summed E-state index contributed by atoms with van der Waals surface area (Å²) in [5, 5.41) is 1.74. The van der Waals surface area contributed by atoms with Crippen LogP contribution in [0.25, 0.3) is 11.0 Å². The number of rotatable bonds is 4. The van der Waals surface area contributed by atoms with Crippen molar-refractivity contribution in [2.24, 2.45) is 0 Å². The van der Waals surface area contributed by atoms with Crippen LogP contribution in [-0.4, -0.2) is 18.4 Å². The summed E-state index contributed by atoms with van der Waals surface area (Å²) >= 11 is 1.19. The van der Waals surface area contributed by atoms with Gasteiger partial charge >= 0.3 is 0 Å². The Hall–Kier alpha value is -1.70. The van der Waals surface area contributed by atoms with Gasteiger partial charge in [-0.2, -0.15) is 0 Å². The van der Waals surface area contributed by atoms with Crippen molar-refractivity contribution in [1.82, 2.24) is 14.7 Å². The number of nitrogens with zero attached hydrogens (tertiary/aromatic N) is 1. The molecule has 0 fully saturated rings. The molecule has 104 valence electrons. The van der Waals surface area contributed by atoms with Crippen LogP contribution in [0.2, 0.25) is 0 Å². The number of imidazole rings is 1. The number of nitrogens with one attached hydrogen (secondary N) is 2. The molecule has 1 aromatic carbocycles. The van der Waals surface area contributed by atoms with Crippen molar-refractivity contribution in [3.05, 3.63) is 47.6 Å². The first-order valence-corrected chi connectivity index (χ1v) is 8.43. The van der Waals surface area contributed by atoms with E-state index in [1.807, 2.05) is 24.3 Å². The molecule has 3 aromatic rings. The maximum absolute atomic E-state index is 12.1. The minimum atomic E-state index is -3.49. The van der Waals surface area contributed by atoms with Crippen LogP contribution < -0.4 is 4.72 Å². The molecule has 1 atom stereocenters. The predicted molar refractivity (Wildman–Crippen MR) is 79.1 cm³/mol. The largest absolute Gasteiger partial charge is 0.341 e. The lowest BCUT2D eigenvalue weighted by molar-refractivity contribution is 0.563. The zero-order valence-corrected chi connectivity index (χ0v) is 12.3. The van der Waals surface area contributed by atoms with Crippen LogP contribution in [0.15, 0.2) is 46.0 Å². The Kier molecular flexibility index (Phi) is 3.33. The molecule has 0 spiro atoms. The van der Waals surface area contributed by atoms with Crippen LogP contribution in [0.4, 0.5) is 0 Å². The van der Waals surface area contributed by atoms with E-state index in [9.17, 15) is 8.42 Å². The van der Waals surface area contributed by atoms with Gasteiger partial charge in [-0.05, 0) is 30.5 Å². The second-order valence-electron chi connectivity index (χ2n) is 4.41. The number of H-pyrrole nitrogens is 1. The van der Waals surface area contributed by atoms with E-state index in [0.717, 1.165) is 11.0 Å². The van der Waals surface area contributed by atoms with Crippen molar-refractivity contribution in [2.75, 3.05) is 0 Å². The average molecular weight is 307 g/mol. The maximum Gasteiger partial charge on any atom is 0.250 e. The van der Waals surface area contributed by atoms with Gasteiger partial charge in [0.05, 0.1) is 17.1 Å². The van der Waals surface area contributed by atoms with E-state index in [0.29, 0.717) is 10.0 Å². The Morgan fingerprint density at radius 2 is 2.05 bits per heavy atom. The average Bonchev–Trinajstić information content (AvgIpc) is 3.07. The topological polar surface area (TPSA) is 74.8 Å². The lowest BCUT2D eigenvalue weighted by Gasteiger charge is -2.10. The second kappa shape index (κ2) is 5.01. The van der Waals surface area contributed by atoms with Gasteiger partial charge in [-0.3, -0.25) is 0 Å². The smallest absolute Gasteiger partial charge is 0.250 e. The molecule has 2 N–H and O–H groups in total. The first-order chi connectivity index (χ1) is 9.56. The fourth-order valence-corrected chi connectivity index (χ4v) is 4.16. The molecule has 1 unspecified atom stereocenters. The number of para-hydroxylation sites is 2. The molecular weight excluding hydrogens is 294 g/mol. The molecule has 0 saturated carbocycles. The molecule has 20 heavy (non-hydrogen) atoms. The highest BCUT2D eigenvalue weighted by Crippen LogP contribution is 2.20. The standard InChI is InChI=1S/C13H13N3O2S2/c1-9(16-20(17,18)12-7-4-8-19-12)13-14-10-5-2-3-6-11(10)15-13/h2-9,16H,1H3,(H,14,15). The van der Waals surface area contributed by atoms with Gasteiger partial charge in [0.2, 0.25) is 0 Å². The Morgan fingerprint density at radius 3 is 2.75 bits per heavy atom. The molecule has 0 aliphatic heterocycles. The minimum Gasteiger partial charge on any atom is -0.341 e. The summed E-state index contributed by atoms with van der Waals surface area (Å²) in [4.78, 5) is 7.53. The van der Waals surface area contributed by atoms with Gasteiger partial charge < -0.3 is 4.98 Å². The SMILES string of the molecule is CC(NS(=O)(=O)c1cccs1)c1nc2ccccc2[nH]1. The van der Waals surface area contributed by atoms with Crippen molar-refractivity contribution in [2.45, 2.75) is 17.2 Å². The third-order valence-corrected chi connectivity index (χ3v) is 5.85. The van der Waals surface area contributed by atoms with E-state index in [-0.39, 0.29) is 0 Å². The molecule has 3 rings (SSSR count). The Labute approximate surface area is 120 Å². The quantitative estimate of drug-likeness (QED) is 0.778. The van der Waals surface area contributed by atoms with Crippen LogP contribution in [0, 0.1) is 0 Å². The normalized spacial score (nSPS) is 13.7. The Balaban J connectivity index is 1.88. The number of benzene rings is 1. The highest BCUT2D eigenvalue weighted by molar-refractivity contribution is 7.91. The molecule has 0 radical (unpaired) electrons. The van der Waals surface area contributed by atoms with Gasteiger partial charge in [0.15, 0.2) is 0 Å². The molecular formula is C13H13N3O2S2. The molecule has 0 saturated heterocycles. The zero-order chi connectivity index (χ0) is 14.2. The van der Waals surface area contributed by atoms with Crippen molar-refractivity contribution < 1.29 is 8.42 Å². The molecule has 0 aliphatic carbocycles. The fraction of sp³-hybridized carbons (Fsp3) is 0.154. The minimum absolute atomic E-state index is 0.306. The van der Waals surface area contributed by atoms with Gasteiger partial charge in [0.25, 0.3) is 10.0 Å². The third kappa shape index (κ3) is 2.47. The first kappa shape index (κ1) is 13.3. The maximum atomic E-state index is 12.1. The van der Waals surface area contributed by atoms with E-state index < -0.39 is 16.1 Å². The van der Waals surface area contributed by atoms with Crippen LogP contribution >= 0.6 is 11.3 Å². The van der Waals surface area contributed by atoms with Crippen LogP contribution in [0.5, 0.6) is 0 Å². The highest BCUT2D eigenvalue weighted by Gasteiger charge is 2.21. The lowest BCUT2D eigenvalue weighted by atomic mass is 10.3. The predicted octanol–water partition coefficient (Wildman–Crippen LogP) is 2.66. The summed E-state index contributed by atoms with van der Waals surface area (Å²) in [5.74, 6) is 0.603. The van der Waals surface area contributed by atoms with Crippen molar-refractivity contribution in [3.8, 4) is 0 Å². The first-order valence-electron chi connectivity index (χ1n) is 6.07. The molecule has 0 bridgehead atoms. The van der Waals surface area contributed by atoms with Gasteiger partial charge in [-0.15, -0.1) is 11.3 Å². The van der Waals surface area contributed by atoms with Crippen molar-refractivity contribution in [1.29, 1.82) is 0 Å². The fourth-order valence-electron chi connectivity index (χ4n) is 1.94. The highest BCUT2D eigenvalue weighted by atomic mass is 32.2. The monoisotopic (exact) mass is 307 g/mol. The lowest BCUT2D eigenvalue weighted by Crippen LogP contribution is -2.26. The zero-order valence-electron chi connectivity index (χ0n) is 10.7. The Bertz CT molecular complexity index is 789. The molecule has 5 nitrogen and oxygen atoms in total. The molecule has 0 amide bonds. The van der Waals surface area contributed by atoms with E-state index >= 15 is 0 Å². The summed E-state index contributed by atoms with van der Waals surface area (Å²) in [5.41, 5.74) is 1.72.